The van der Waals surface area contributed by atoms with Crippen molar-refractivity contribution >= 4 is 30.6 Å². The lowest BCUT2D eigenvalue weighted by molar-refractivity contribution is -0.383. The number of aryl methyl sites for hydroxylation is 1. The van der Waals surface area contributed by atoms with E-state index in [0.717, 1.165) is 19.2 Å². The second-order valence-corrected chi connectivity index (χ2v) is 7.01. The molecular weight excluding hydrogens is 410 g/mol. The first-order valence-electron chi connectivity index (χ1n) is 7.45. The Kier molecular flexibility index (Phi) is 6.41. The lowest BCUT2D eigenvalue weighted by Gasteiger charge is -2.13. The van der Waals surface area contributed by atoms with Gasteiger partial charge < -0.3 is 4.74 Å². The van der Waals surface area contributed by atoms with Crippen LogP contribution in [-0.2, 0) is 21.7 Å². The van der Waals surface area contributed by atoms with Crippen LogP contribution in [-0.4, -0.2) is 12.0 Å². The first-order valence-corrected chi connectivity index (χ1v) is 9.01. The third-order valence-electron chi connectivity index (χ3n) is 3.58. The fourth-order valence-corrected chi connectivity index (χ4v) is 3.21. The van der Waals surface area contributed by atoms with E-state index in [1.54, 1.807) is 6.92 Å². The number of hydrogen-bond acceptors (Lipinski definition) is 5. The third-order valence-corrected chi connectivity index (χ3v) is 4.96. The highest BCUT2D eigenvalue weighted by atomic mass is 35.5. The highest BCUT2D eigenvalue weighted by Crippen LogP contribution is 2.39. The SMILES string of the molecule is CCc1cc([N+](=O)[O-])c([P+](=O)OC)cc1Oc1ccc(C(F)(F)F)cc1Cl. The van der Waals surface area contributed by atoms with Gasteiger partial charge in [0.15, 0.2) is 0 Å². The number of ether oxygens (including phenoxy) is 1. The average Bonchev–Trinajstić information content (AvgIpc) is 2.61. The Balaban J connectivity index is 2.52. The fourth-order valence-electron chi connectivity index (χ4n) is 2.24. The quantitative estimate of drug-likeness (QED) is 0.342. The summed E-state index contributed by atoms with van der Waals surface area (Å²) in [7, 11) is -1.39. The normalized spacial score (nSPS) is 12.0. The van der Waals surface area contributed by atoms with Gasteiger partial charge in [-0.3, -0.25) is 10.1 Å². The van der Waals surface area contributed by atoms with Crippen LogP contribution in [0.15, 0.2) is 30.3 Å². The van der Waals surface area contributed by atoms with Crippen LogP contribution < -0.4 is 10.0 Å². The molecule has 27 heavy (non-hydrogen) atoms. The van der Waals surface area contributed by atoms with E-state index in [9.17, 15) is 27.9 Å². The van der Waals surface area contributed by atoms with Gasteiger partial charge in [-0.15, -0.1) is 4.52 Å². The highest BCUT2D eigenvalue weighted by molar-refractivity contribution is 7.48. The zero-order valence-electron chi connectivity index (χ0n) is 14.0. The summed E-state index contributed by atoms with van der Waals surface area (Å²) in [6.45, 7) is 1.70. The Morgan fingerprint density at radius 2 is 1.89 bits per heavy atom. The molecule has 0 N–H and O–H groups in total. The topological polar surface area (TPSA) is 78.7 Å². The van der Waals surface area contributed by atoms with E-state index in [-0.39, 0.29) is 21.8 Å². The summed E-state index contributed by atoms with van der Waals surface area (Å²) in [5, 5.41) is 10.7. The zero-order valence-corrected chi connectivity index (χ0v) is 15.7. The molecule has 2 aromatic carbocycles. The zero-order chi connectivity index (χ0) is 20.4. The molecule has 11 heteroatoms. The Labute approximate surface area is 157 Å². The molecule has 1 atom stereocenters. The van der Waals surface area contributed by atoms with Gasteiger partial charge in [0, 0.05) is 17.7 Å². The largest absolute Gasteiger partial charge is 0.556 e. The van der Waals surface area contributed by atoms with E-state index in [1.165, 1.54) is 12.1 Å². The van der Waals surface area contributed by atoms with E-state index in [1.807, 2.05) is 0 Å². The van der Waals surface area contributed by atoms with Crippen molar-refractivity contribution in [2.75, 3.05) is 7.11 Å². The van der Waals surface area contributed by atoms with Crippen LogP contribution in [0, 0.1) is 10.1 Å². The molecule has 0 fully saturated rings. The summed E-state index contributed by atoms with van der Waals surface area (Å²) in [4.78, 5) is 10.5. The molecule has 0 heterocycles. The maximum Gasteiger partial charge on any atom is 0.556 e. The van der Waals surface area contributed by atoms with Gasteiger partial charge in [0.05, 0.1) is 22.6 Å². The standard InChI is InChI=1S/C16H13ClF3NO5P/c1-3-9-6-12(21(22)23)15(27(24)25-2)8-14(9)26-13-5-4-10(7-11(13)17)16(18,19)20/h4-8H,3H2,1-2H3/q+1. The Morgan fingerprint density at radius 3 is 2.37 bits per heavy atom. The van der Waals surface area contributed by atoms with E-state index in [2.05, 4.69) is 4.52 Å². The highest BCUT2D eigenvalue weighted by Gasteiger charge is 2.35. The van der Waals surface area contributed by atoms with Crippen molar-refractivity contribution in [3.8, 4) is 11.5 Å². The van der Waals surface area contributed by atoms with Crippen LogP contribution in [0.4, 0.5) is 18.9 Å². The van der Waals surface area contributed by atoms with Crippen molar-refractivity contribution < 1.29 is 31.9 Å². The number of alkyl halides is 3. The molecule has 1 unspecified atom stereocenters. The van der Waals surface area contributed by atoms with Gasteiger partial charge in [0.2, 0.25) is 0 Å². The molecule has 0 radical (unpaired) electrons. The summed E-state index contributed by atoms with van der Waals surface area (Å²) >= 11 is 5.88. The Hall–Kier alpha value is -2.22. The molecular formula is C16H13ClF3NO5P+. The van der Waals surface area contributed by atoms with E-state index in [4.69, 9.17) is 16.3 Å². The summed E-state index contributed by atoms with van der Waals surface area (Å²) in [6, 6.07) is 4.92. The van der Waals surface area contributed by atoms with Crippen LogP contribution in [0.3, 0.4) is 0 Å². The lowest BCUT2D eigenvalue weighted by atomic mass is 10.1. The van der Waals surface area contributed by atoms with Crippen molar-refractivity contribution in [2.45, 2.75) is 19.5 Å². The number of nitro benzene ring substituents is 1. The molecule has 0 aliphatic carbocycles. The lowest BCUT2D eigenvalue weighted by Crippen LogP contribution is -2.09. The van der Waals surface area contributed by atoms with Crippen molar-refractivity contribution in [2.24, 2.45) is 0 Å². The smallest absolute Gasteiger partial charge is 0.455 e. The van der Waals surface area contributed by atoms with Crippen LogP contribution in [0.5, 0.6) is 11.5 Å². The third kappa shape index (κ3) is 4.74. The van der Waals surface area contributed by atoms with Crippen molar-refractivity contribution in [3.05, 3.63) is 56.6 Å². The number of benzene rings is 2. The molecule has 0 spiro atoms. The molecule has 0 amide bonds. The van der Waals surface area contributed by atoms with E-state index >= 15 is 0 Å². The molecule has 0 saturated carbocycles. The van der Waals surface area contributed by atoms with E-state index in [0.29, 0.717) is 18.1 Å². The minimum atomic E-state index is -4.56. The Morgan fingerprint density at radius 1 is 1.22 bits per heavy atom. The van der Waals surface area contributed by atoms with Gasteiger partial charge in [-0.2, -0.15) is 13.2 Å². The second-order valence-electron chi connectivity index (χ2n) is 5.24. The Bertz CT molecular complexity index is 904. The second kappa shape index (κ2) is 8.21. The monoisotopic (exact) mass is 422 g/mol. The van der Waals surface area contributed by atoms with Gasteiger partial charge >= 0.3 is 25.2 Å². The first kappa shape index (κ1) is 21.1. The first-order chi connectivity index (χ1) is 12.6. The molecule has 0 aliphatic rings. The number of nitrogens with zero attached hydrogens (tertiary/aromatic N) is 1. The minimum Gasteiger partial charge on any atom is -0.455 e. The average molecular weight is 423 g/mol. The molecule has 0 aromatic heterocycles. The molecule has 144 valence electrons. The van der Waals surface area contributed by atoms with Crippen molar-refractivity contribution in [3.63, 3.8) is 0 Å². The van der Waals surface area contributed by atoms with Crippen LogP contribution in [0.1, 0.15) is 18.1 Å². The van der Waals surface area contributed by atoms with E-state index < -0.39 is 30.4 Å². The summed E-state index contributed by atoms with van der Waals surface area (Å²) in [5.41, 5.74) is -0.955. The maximum absolute atomic E-state index is 12.7. The summed E-state index contributed by atoms with van der Waals surface area (Å²) in [6.07, 6.45) is -4.24. The molecule has 2 rings (SSSR count). The molecule has 0 saturated heterocycles. The van der Waals surface area contributed by atoms with Gasteiger partial charge in [0.1, 0.15) is 11.5 Å². The van der Waals surface area contributed by atoms with Gasteiger partial charge in [-0.1, -0.05) is 18.5 Å². The molecule has 2 aromatic rings. The molecule has 6 nitrogen and oxygen atoms in total. The van der Waals surface area contributed by atoms with Crippen LogP contribution >= 0.6 is 19.6 Å². The predicted octanol–water partition coefficient (Wildman–Crippen LogP) is 5.64. The molecule has 0 aliphatic heterocycles. The number of hydrogen-bond donors (Lipinski definition) is 0. The van der Waals surface area contributed by atoms with Crippen molar-refractivity contribution in [1.29, 1.82) is 0 Å². The summed E-state index contributed by atoms with van der Waals surface area (Å²) in [5.74, 6) is 0.00646. The van der Waals surface area contributed by atoms with Crippen molar-refractivity contribution in [1.82, 2.24) is 0 Å². The number of nitro groups is 1. The molecule has 0 bridgehead atoms. The number of halogens is 4. The minimum absolute atomic E-state index is 0.0770. The van der Waals surface area contributed by atoms with Gasteiger partial charge in [-0.25, -0.2) is 0 Å². The van der Waals surface area contributed by atoms with Gasteiger partial charge in [-0.05, 0) is 29.2 Å². The van der Waals surface area contributed by atoms with Gasteiger partial charge in [0.25, 0.3) is 0 Å². The summed E-state index contributed by atoms with van der Waals surface area (Å²) < 4.78 is 60.4. The van der Waals surface area contributed by atoms with Crippen LogP contribution in [0.2, 0.25) is 5.02 Å². The fraction of sp³-hybridized carbons (Fsp3) is 0.250. The number of rotatable bonds is 6. The maximum atomic E-state index is 12.7. The van der Waals surface area contributed by atoms with Crippen LogP contribution in [0.25, 0.3) is 0 Å². The predicted molar refractivity (Wildman–Crippen MR) is 93.3 cm³/mol.